The maximum atomic E-state index is 12.1. The minimum absolute atomic E-state index is 0.0970. The van der Waals surface area contributed by atoms with Crippen LogP contribution in [0.2, 0.25) is 0 Å². The fraction of sp³-hybridized carbons (Fsp3) is 0.714. The van der Waals surface area contributed by atoms with Crippen LogP contribution in [0.4, 0.5) is 13.2 Å². The second-order valence-corrected chi connectivity index (χ2v) is 5.87. The lowest BCUT2D eigenvalue weighted by Crippen LogP contribution is -2.45. The molecule has 2 rings (SSSR count). The second kappa shape index (κ2) is 7.31. The van der Waals surface area contributed by atoms with E-state index in [1.54, 1.807) is 28.9 Å². The second-order valence-electron chi connectivity index (χ2n) is 5.87. The maximum absolute atomic E-state index is 12.1. The summed E-state index contributed by atoms with van der Waals surface area (Å²) in [7, 11) is 1.79. The van der Waals surface area contributed by atoms with Crippen LogP contribution < -0.4 is 5.32 Å². The molecule has 1 amide bonds. The third-order valence-corrected chi connectivity index (χ3v) is 3.96. The Morgan fingerprint density at radius 3 is 2.91 bits per heavy atom. The Morgan fingerprint density at radius 2 is 2.30 bits per heavy atom. The zero-order valence-electron chi connectivity index (χ0n) is 12.9. The van der Waals surface area contributed by atoms with Gasteiger partial charge in [0.15, 0.2) is 0 Å². The molecule has 2 N–H and O–H groups in total. The summed E-state index contributed by atoms with van der Waals surface area (Å²) >= 11 is 0. The van der Waals surface area contributed by atoms with Gasteiger partial charge in [0.1, 0.15) is 18.5 Å². The normalized spacial score (nSPS) is 21.2. The van der Waals surface area contributed by atoms with Gasteiger partial charge in [0, 0.05) is 31.9 Å². The molecule has 0 spiro atoms. The number of aliphatic hydroxyl groups excluding tert-OH is 1. The number of nitrogens with one attached hydrogen (secondary N) is 1. The van der Waals surface area contributed by atoms with Gasteiger partial charge in [-0.15, -0.1) is 0 Å². The highest BCUT2D eigenvalue weighted by molar-refractivity contribution is 5.78. The quantitative estimate of drug-likeness (QED) is 0.837. The Hall–Kier alpha value is -1.61. The number of carbonyl (C=O) groups excluding carboxylic acids is 1. The molecule has 1 saturated heterocycles. The summed E-state index contributed by atoms with van der Waals surface area (Å²) < 4.78 is 38.0. The van der Waals surface area contributed by atoms with Crippen molar-refractivity contribution in [1.29, 1.82) is 0 Å². The van der Waals surface area contributed by atoms with Crippen molar-refractivity contribution < 1.29 is 23.1 Å². The van der Waals surface area contributed by atoms with Crippen molar-refractivity contribution in [3.05, 3.63) is 18.2 Å². The summed E-state index contributed by atoms with van der Waals surface area (Å²) in [4.78, 5) is 17.5. The highest BCUT2D eigenvalue weighted by Gasteiger charge is 2.31. The molecule has 0 unspecified atom stereocenters. The number of piperidine rings is 1. The van der Waals surface area contributed by atoms with Gasteiger partial charge in [-0.05, 0) is 19.4 Å². The first kappa shape index (κ1) is 17.7. The number of carbonyl (C=O) groups is 1. The van der Waals surface area contributed by atoms with E-state index in [-0.39, 0.29) is 12.5 Å². The summed E-state index contributed by atoms with van der Waals surface area (Å²) in [5.41, 5.74) is 0. The summed E-state index contributed by atoms with van der Waals surface area (Å²) in [5.74, 6) is -0.201. The van der Waals surface area contributed by atoms with Gasteiger partial charge in [-0.2, -0.15) is 13.2 Å². The first-order chi connectivity index (χ1) is 10.8. The minimum Gasteiger partial charge on any atom is -0.385 e. The number of hydrogen-bond donors (Lipinski definition) is 2. The standard InChI is InChI=1S/C14H21F3N4O2/c1-20-6-4-18-13(20)12(23)10-3-2-5-21(7-10)8-11(22)19-9-14(15,16)17/h4,6,10,12,23H,2-3,5,7-9H2,1H3,(H,19,22)/t10-,12-/m1/s1. The van der Waals surface area contributed by atoms with Gasteiger partial charge < -0.3 is 15.0 Å². The fourth-order valence-electron chi connectivity index (χ4n) is 2.82. The number of alkyl halides is 3. The fourth-order valence-corrected chi connectivity index (χ4v) is 2.82. The molecular weight excluding hydrogens is 313 g/mol. The highest BCUT2D eigenvalue weighted by atomic mass is 19.4. The van der Waals surface area contributed by atoms with Crippen LogP contribution in [-0.2, 0) is 11.8 Å². The highest BCUT2D eigenvalue weighted by Crippen LogP contribution is 2.28. The Morgan fingerprint density at radius 1 is 1.57 bits per heavy atom. The van der Waals surface area contributed by atoms with E-state index in [1.165, 1.54) is 0 Å². The smallest absolute Gasteiger partial charge is 0.385 e. The molecule has 130 valence electrons. The number of nitrogens with zero attached hydrogens (tertiary/aromatic N) is 3. The van der Waals surface area contributed by atoms with E-state index in [2.05, 4.69) is 4.98 Å². The molecular formula is C14H21F3N4O2. The minimum atomic E-state index is -4.41. The first-order valence-corrected chi connectivity index (χ1v) is 7.47. The number of aryl methyl sites for hydroxylation is 1. The lowest BCUT2D eigenvalue weighted by atomic mass is 9.92. The largest absolute Gasteiger partial charge is 0.405 e. The molecule has 1 aromatic rings. The zero-order valence-corrected chi connectivity index (χ0v) is 12.9. The lowest BCUT2D eigenvalue weighted by Gasteiger charge is -2.34. The Kier molecular flexibility index (Phi) is 5.64. The number of hydrogen-bond acceptors (Lipinski definition) is 4. The molecule has 23 heavy (non-hydrogen) atoms. The van der Waals surface area contributed by atoms with E-state index in [0.29, 0.717) is 18.9 Å². The topological polar surface area (TPSA) is 70.4 Å². The van der Waals surface area contributed by atoms with Crippen LogP contribution in [0.5, 0.6) is 0 Å². The van der Waals surface area contributed by atoms with Crippen molar-refractivity contribution in [2.24, 2.45) is 13.0 Å². The molecule has 0 radical (unpaired) electrons. The van der Waals surface area contributed by atoms with E-state index >= 15 is 0 Å². The number of imidazole rings is 1. The predicted molar refractivity (Wildman–Crippen MR) is 76.4 cm³/mol. The Labute approximate surface area is 132 Å². The van der Waals surface area contributed by atoms with Crippen molar-refractivity contribution in [3.63, 3.8) is 0 Å². The van der Waals surface area contributed by atoms with E-state index in [4.69, 9.17) is 0 Å². The molecule has 1 fully saturated rings. The van der Waals surface area contributed by atoms with Crippen molar-refractivity contribution in [2.45, 2.75) is 25.1 Å². The molecule has 0 saturated carbocycles. The number of likely N-dealkylation sites (tertiary alicyclic amines) is 1. The predicted octanol–water partition coefficient (Wildman–Crippen LogP) is 0.844. The first-order valence-electron chi connectivity index (χ1n) is 7.47. The number of amides is 1. The summed E-state index contributed by atoms with van der Waals surface area (Å²) in [5, 5.41) is 12.3. The molecule has 0 aliphatic carbocycles. The Balaban J connectivity index is 1.86. The average molecular weight is 334 g/mol. The van der Waals surface area contributed by atoms with E-state index < -0.39 is 24.7 Å². The van der Waals surface area contributed by atoms with E-state index in [0.717, 1.165) is 12.8 Å². The SMILES string of the molecule is Cn1ccnc1[C@H](O)[C@@H]1CCCN(CC(=O)NCC(F)(F)F)C1. The van der Waals surface area contributed by atoms with Crippen molar-refractivity contribution in [2.75, 3.05) is 26.2 Å². The van der Waals surface area contributed by atoms with Gasteiger partial charge in [-0.25, -0.2) is 4.98 Å². The molecule has 0 bridgehead atoms. The van der Waals surface area contributed by atoms with Gasteiger partial charge >= 0.3 is 6.18 Å². The molecule has 2 heterocycles. The molecule has 2 atom stereocenters. The van der Waals surface area contributed by atoms with Crippen LogP contribution in [0.25, 0.3) is 0 Å². The number of aliphatic hydroxyl groups is 1. The van der Waals surface area contributed by atoms with Crippen molar-refractivity contribution in [3.8, 4) is 0 Å². The van der Waals surface area contributed by atoms with Gasteiger partial charge in [0.05, 0.1) is 6.54 Å². The van der Waals surface area contributed by atoms with Gasteiger partial charge in [0.25, 0.3) is 0 Å². The summed E-state index contributed by atoms with van der Waals surface area (Å²) in [6.45, 7) is -0.338. The van der Waals surface area contributed by atoms with Crippen LogP contribution in [0.15, 0.2) is 12.4 Å². The molecule has 1 aliphatic rings. The van der Waals surface area contributed by atoms with Gasteiger partial charge in [-0.1, -0.05) is 0 Å². The summed E-state index contributed by atoms with van der Waals surface area (Å²) in [6.07, 6.45) is -0.258. The molecule has 6 nitrogen and oxygen atoms in total. The number of rotatable bonds is 5. The van der Waals surface area contributed by atoms with Crippen molar-refractivity contribution >= 4 is 5.91 Å². The zero-order chi connectivity index (χ0) is 17.0. The molecule has 0 aromatic carbocycles. The van der Waals surface area contributed by atoms with Crippen LogP contribution >= 0.6 is 0 Å². The van der Waals surface area contributed by atoms with Crippen LogP contribution in [0.3, 0.4) is 0 Å². The van der Waals surface area contributed by atoms with Crippen LogP contribution in [0.1, 0.15) is 24.8 Å². The van der Waals surface area contributed by atoms with E-state index in [1.807, 2.05) is 5.32 Å². The number of aromatic nitrogens is 2. The number of halogens is 3. The van der Waals surface area contributed by atoms with Crippen molar-refractivity contribution in [1.82, 2.24) is 19.8 Å². The molecule has 1 aromatic heterocycles. The van der Waals surface area contributed by atoms with Gasteiger partial charge in [-0.3, -0.25) is 9.69 Å². The van der Waals surface area contributed by atoms with E-state index in [9.17, 15) is 23.1 Å². The van der Waals surface area contributed by atoms with Crippen LogP contribution in [-0.4, -0.2) is 57.8 Å². The third-order valence-electron chi connectivity index (χ3n) is 3.96. The van der Waals surface area contributed by atoms with Crippen LogP contribution in [0, 0.1) is 5.92 Å². The summed E-state index contributed by atoms with van der Waals surface area (Å²) in [6, 6.07) is 0. The molecule has 9 heteroatoms. The maximum Gasteiger partial charge on any atom is 0.405 e. The third kappa shape index (κ3) is 5.21. The monoisotopic (exact) mass is 334 g/mol. The lowest BCUT2D eigenvalue weighted by molar-refractivity contribution is -0.139. The Bertz CT molecular complexity index is 532. The average Bonchev–Trinajstić information content (AvgIpc) is 2.90. The van der Waals surface area contributed by atoms with Gasteiger partial charge in [0.2, 0.25) is 5.91 Å². The molecule has 1 aliphatic heterocycles.